The summed E-state index contributed by atoms with van der Waals surface area (Å²) in [5, 5.41) is 8.93. The second-order valence-corrected chi connectivity index (χ2v) is 3.36. The van der Waals surface area contributed by atoms with Crippen LogP contribution in [0.4, 0.5) is 0 Å². The molecule has 1 aliphatic carbocycles. The van der Waals surface area contributed by atoms with Crippen LogP contribution in [-0.4, -0.2) is 0 Å². The standard InChI is InChI=1S/C11H11N/c1-8-5-6-9-3-2-4-10(9)11(8)7-12/h5-6H,2-4H2,1H3. The lowest BCUT2D eigenvalue weighted by Gasteiger charge is -2.03. The second kappa shape index (κ2) is 2.64. The molecule has 0 unspecified atom stereocenters. The van der Waals surface area contributed by atoms with Gasteiger partial charge in [0.15, 0.2) is 0 Å². The van der Waals surface area contributed by atoms with Crippen molar-refractivity contribution in [3.05, 3.63) is 34.4 Å². The van der Waals surface area contributed by atoms with Gasteiger partial charge in [0.25, 0.3) is 0 Å². The molecule has 1 aliphatic rings. The van der Waals surface area contributed by atoms with Crippen LogP contribution < -0.4 is 0 Å². The van der Waals surface area contributed by atoms with Gasteiger partial charge in [-0.15, -0.1) is 0 Å². The Bertz CT molecular complexity index is 358. The molecule has 1 aromatic carbocycles. The number of nitrogens with zero attached hydrogens (tertiary/aromatic N) is 1. The molecule has 0 heterocycles. The van der Waals surface area contributed by atoms with Gasteiger partial charge in [-0.2, -0.15) is 5.26 Å². The van der Waals surface area contributed by atoms with Crippen LogP contribution in [0.5, 0.6) is 0 Å². The lowest BCUT2D eigenvalue weighted by atomic mass is 10.00. The van der Waals surface area contributed by atoms with Crippen molar-refractivity contribution in [2.75, 3.05) is 0 Å². The Hall–Kier alpha value is -1.29. The average Bonchev–Trinajstić information content (AvgIpc) is 2.52. The van der Waals surface area contributed by atoms with Crippen LogP contribution in [0.15, 0.2) is 12.1 Å². The molecule has 0 atom stereocenters. The maximum atomic E-state index is 8.93. The lowest BCUT2D eigenvalue weighted by molar-refractivity contribution is 0.910. The van der Waals surface area contributed by atoms with Crippen LogP contribution in [0, 0.1) is 18.3 Å². The Morgan fingerprint density at radius 3 is 2.92 bits per heavy atom. The number of hydrogen-bond acceptors (Lipinski definition) is 1. The van der Waals surface area contributed by atoms with Crippen LogP contribution in [0.3, 0.4) is 0 Å². The molecule has 1 nitrogen and oxygen atoms in total. The zero-order valence-electron chi connectivity index (χ0n) is 7.22. The van der Waals surface area contributed by atoms with E-state index in [0.717, 1.165) is 24.0 Å². The van der Waals surface area contributed by atoms with Gasteiger partial charge in [0.1, 0.15) is 0 Å². The van der Waals surface area contributed by atoms with Crippen molar-refractivity contribution < 1.29 is 0 Å². The van der Waals surface area contributed by atoms with E-state index in [4.69, 9.17) is 5.26 Å². The molecule has 0 N–H and O–H groups in total. The number of rotatable bonds is 0. The molecule has 0 aromatic heterocycles. The Labute approximate surface area is 72.6 Å². The molecule has 60 valence electrons. The van der Waals surface area contributed by atoms with Gasteiger partial charge < -0.3 is 0 Å². The van der Waals surface area contributed by atoms with E-state index < -0.39 is 0 Å². The molecule has 0 spiro atoms. The Kier molecular flexibility index (Phi) is 1.62. The molecule has 0 fully saturated rings. The summed E-state index contributed by atoms with van der Waals surface area (Å²) in [5.41, 5.74) is 4.73. The van der Waals surface area contributed by atoms with E-state index in [-0.39, 0.29) is 0 Å². The quantitative estimate of drug-likeness (QED) is 0.567. The molecule has 0 bridgehead atoms. The van der Waals surface area contributed by atoms with E-state index in [1.165, 1.54) is 17.5 Å². The van der Waals surface area contributed by atoms with Gasteiger partial charge in [-0.1, -0.05) is 12.1 Å². The van der Waals surface area contributed by atoms with Crippen LogP contribution in [0.2, 0.25) is 0 Å². The number of nitriles is 1. The van der Waals surface area contributed by atoms with Crippen molar-refractivity contribution in [1.82, 2.24) is 0 Å². The number of aryl methyl sites for hydroxylation is 2. The largest absolute Gasteiger partial charge is 0.192 e. The van der Waals surface area contributed by atoms with E-state index in [0.29, 0.717) is 0 Å². The van der Waals surface area contributed by atoms with Crippen molar-refractivity contribution in [1.29, 1.82) is 5.26 Å². The summed E-state index contributed by atoms with van der Waals surface area (Å²) in [6, 6.07) is 6.52. The van der Waals surface area contributed by atoms with Crippen LogP contribution in [-0.2, 0) is 12.8 Å². The molecule has 1 aromatic rings. The fourth-order valence-electron chi connectivity index (χ4n) is 1.94. The topological polar surface area (TPSA) is 23.8 Å². The highest BCUT2D eigenvalue weighted by atomic mass is 14.3. The summed E-state index contributed by atoms with van der Waals surface area (Å²) in [4.78, 5) is 0. The van der Waals surface area contributed by atoms with Crippen molar-refractivity contribution >= 4 is 0 Å². The maximum Gasteiger partial charge on any atom is 0.0997 e. The van der Waals surface area contributed by atoms with Crippen molar-refractivity contribution in [2.45, 2.75) is 26.2 Å². The summed E-state index contributed by atoms with van der Waals surface area (Å²) in [6.07, 6.45) is 3.47. The second-order valence-electron chi connectivity index (χ2n) is 3.36. The third-order valence-electron chi connectivity index (χ3n) is 2.60. The van der Waals surface area contributed by atoms with Crippen LogP contribution in [0.25, 0.3) is 0 Å². The zero-order chi connectivity index (χ0) is 8.55. The number of fused-ring (bicyclic) bond motifs is 1. The normalized spacial score (nSPS) is 14.0. The minimum atomic E-state index is 0.921. The highest BCUT2D eigenvalue weighted by molar-refractivity contribution is 5.49. The first kappa shape index (κ1) is 7.36. The van der Waals surface area contributed by atoms with Gasteiger partial charge in [-0.25, -0.2) is 0 Å². The van der Waals surface area contributed by atoms with E-state index in [2.05, 4.69) is 18.2 Å². The number of benzene rings is 1. The van der Waals surface area contributed by atoms with Crippen LogP contribution >= 0.6 is 0 Å². The van der Waals surface area contributed by atoms with Crippen LogP contribution in [0.1, 0.15) is 28.7 Å². The Morgan fingerprint density at radius 1 is 1.33 bits per heavy atom. The van der Waals surface area contributed by atoms with Crippen molar-refractivity contribution in [2.24, 2.45) is 0 Å². The first-order chi connectivity index (χ1) is 5.83. The Balaban J connectivity index is 2.67. The monoisotopic (exact) mass is 157 g/mol. The fourth-order valence-corrected chi connectivity index (χ4v) is 1.94. The zero-order valence-corrected chi connectivity index (χ0v) is 7.22. The molecular formula is C11H11N. The van der Waals surface area contributed by atoms with Crippen molar-refractivity contribution in [3.8, 4) is 6.07 Å². The molecular weight excluding hydrogens is 146 g/mol. The predicted octanol–water partition coefficient (Wildman–Crippen LogP) is 2.36. The first-order valence-corrected chi connectivity index (χ1v) is 4.34. The fraction of sp³-hybridized carbons (Fsp3) is 0.364. The first-order valence-electron chi connectivity index (χ1n) is 4.34. The summed E-state index contributed by atoms with van der Waals surface area (Å²) in [6.45, 7) is 2.01. The summed E-state index contributed by atoms with van der Waals surface area (Å²) < 4.78 is 0. The predicted molar refractivity (Wildman–Crippen MR) is 47.9 cm³/mol. The molecule has 2 rings (SSSR count). The maximum absolute atomic E-state index is 8.93. The highest BCUT2D eigenvalue weighted by Crippen LogP contribution is 2.26. The molecule has 1 heteroatoms. The van der Waals surface area contributed by atoms with Gasteiger partial charge in [-0.3, -0.25) is 0 Å². The van der Waals surface area contributed by atoms with Crippen molar-refractivity contribution in [3.63, 3.8) is 0 Å². The lowest BCUT2D eigenvalue weighted by Crippen LogP contribution is -1.91. The minimum Gasteiger partial charge on any atom is -0.192 e. The smallest absolute Gasteiger partial charge is 0.0997 e. The SMILES string of the molecule is Cc1ccc2c(c1C#N)CCC2. The van der Waals surface area contributed by atoms with Gasteiger partial charge in [0.2, 0.25) is 0 Å². The van der Waals surface area contributed by atoms with Gasteiger partial charge in [-0.05, 0) is 42.9 Å². The van der Waals surface area contributed by atoms with Gasteiger partial charge in [0.05, 0.1) is 11.6 Å². The summed E-state index contributed by atoms with van der Waals surface area (Å²) in [7, 11) is 0. The van der Waals surface area contributed by atoms with E-state index in [1.54, 1.807) is 0 Å². The molecule has 0 radical (unpaired) electrons. The molecule has 0 saturated heterocycles. The van der Waals surface area contributed by atoms with E-state index >= 15 is 0 Å². The molecule has 12 heavy (non-hydrogen) atoms. The summed E-state index contributed by atoms with van der Waals surface area (Å²) in [5.74, 6) is 0. The molecule has 0 amide bonds. The van der Waals surface area contributed by atoms with Gasteiger partial charge >= 0.3 is 0 Å². The summed E-state index contributed by atoms with van der Waals surface area (Å²) >= 11 is 0. The Morgan fingerprint density at radius 2 is 2.17 bits per heavy atom. The highest BCUT2D eigenvalue weighted by Gasteiger charge is 2.15. The minimum absolute atomic E-state index is 0.921. The van der Waals surface area contributed by atoms with Gasteiger partial charge in [0, 0.05) is 0 Å². The molecule has 0 aliphatic heterocycles. The van der Waals surface area contributed by atoms with E-state index in [9.17, 15) is 0 Å². The third-order valence-corrected chi connectivity index (χ3v) is 2.60. The van der Waals surface area contributed by atoms with E-state index in [1.807, 2.05) is 6.92 Å². The molecule has 0 saturated carbocycles. The average molecular weight is 157 g/mol. The third kappa shape index (κ3) is 0.921. The number of hydrogen-bond donors (Lipinski definition) is 0.